The van der Waals surface area contributed by atoms with E-state index in [9.17, 15) is 25.2 Å². The van der Waals surface area contributed by atoms with E-state index in [0.29, 0.717) is 0 Å². The van der Waals surface area contributed by atoms with Gasteiger partial charge in [0, 0.05) is 0 Å². The molecule has 0 aromatic carbocycles. The van der Waals surface area contributed by atoms with E-state index in [1.807, 2.05) is 0 Å². The van der Waals surface area contributed by atoms with Gasteiger partial charge < -0.3 is 5.73 Å². The first kappa shape index (κ1) is 12.2. The third kappa shape index (κ3) is 1160. The van der Waals surface area contributed by atoms with Crippen LogP contribution in [0.1, 0.15) is 1.43 Å². The molecule has 0 aliphatic heterocycles. The largest absolute Gasteiger partial charge is 1.00 e. The number of halogens is 6. The third-order valence-corrected chi connectivity index (χ3v) is 0. The van der Waals surface area contributed by atoms with Crippen LogP contribution in [0, 0.1) is 5.41 Å². The average molecular weight is 190 g/mol. The monoisotopic (exact) mass is 190 g/mol. The van der Waals surface area contributed by atoms with Crippen molar-refractivity contribution >= 4 is 14.1 Å². The van der Waals surface area contributed by atoms with Gasteiger partial charge in [0.1, 0.15) is 0 Å². The maximum atomic E-state index is 9.87. The summed E-state index contributed by atoms with van der Waals surface area (Å²) >= 11 is 0. The van der Waals surface area contributed by atoms with Gasteiger partial charge in [-0.1, -0.05) is 0 Å². The molecule has 0 rings (SSSR count). The predicted molar refractivity (Wildman–Crippen MR) is 27.7 cm³/mol. The first-order valence-corrected chi connectivity index (χ1v) is 3.66. The van der Waals surface area contributed by atoms with Crippen molar-refractivity contribution in [2.24, 2.45) is 5.73 Å². The molecule has 3 N–H and O–H groups in total. The molecule has 0 aliphatic rings. The molecule has 66 valence electrons. The zero-order chi connectivity index (χ0) is 9.12. The van der Waals surface area contributed by atoms with Crippen LogP contribution >= 0.6 is 7.81 Å². The Morgan fingerprint density at radius 1 is 1.10 bits per heavy atom. The minimum Gasteiger partial charge on any atom is -0.390 e. The van der Waals surface area contributed by atoms with Crippen molar-refractivity contribution in [3.8, 4) is 0 Å². The van der Waals surface area contributed by atoms with E-state index in [0.717, 1.165) is 6.34 Å². The van der Waals surface area contributed by atoms with Crippen molar-refractivity contribution in [2.75, 3.05) is 0 Å². The second-order valence-electron chi connectivity index (χ2n) is 1.12. The van der Waals surface area contributed by atoms with Gasteiger partial charge in [0.05, 0.1) is 6.34 Å². The third-order valence-electron chi connectivity index (χ3n) is 0. The Bertz CT molecular complexity index is 110. The SMILES string of the molecule is F[P-](F)(F)(F)(F)F.N=CN.[H+]. The molecular formula is CH5F6N2P. The van der Waals surface area contributed by atoms with Crippen LogP contribution in [0.25, 0.3) is 0 Å². The van der Waals surface area contributed by atoms with Crippen molar-refractivity contribution < 1.29 is 26.6 Å². The molecule has 0 unspecified atom stereocenters. The van der Waals surface area contributed by atoms with Crippen LogP contribution < -0.4 is 5.73 Å². The topological polar surface area (TPSA) is 49.9 Å². The molecule has 0 bridgehead atoms. The predicted octanol–water partition coefficient (Wildman–Crippen LogP) is 3.05. The minimum atomic E-state index is -10.7. The van der Waals surface area contributed by atoms with E-state index in [1.54, 1.807) is 0 Å². The van der Waals surface area contributed by atoms with E-state index >= 15 is 0 Å². The molecule has 0 radical (unpaired) electrons. The zero-order valence-corrected chi connectivity index (χ0v) is 5.26. The Morgan fingerprint density at radius 2 is 1.10 bits per heavy atom. The summed E-state index contributed by atoms with van der Waals surface area (Å²) in [5, 5.41) is 5.86. The Hall–Kier alpha value is -0.520. The summed E-state index contributed by atoms with van der Waals surface area (Å²) in [5.74, 6) is 0. The van der Waals surface area contributed by atoms with Crippen LogP contribution in [0.3, 0.4) is 0 Å². The summed E-state index contributed by atoms with van der Waals surface area (Å²) in [4.78, 5) is 0. The quantitative estimate of drug-likeness (QED) is 0.262. The molecule has 0 heterocycles. The molecular weight excluding hydrogens is 185 g/mol. The first-order valence-electron chi connectivity index (χ1n) is 1.64. The fraction of sp³-hybridized carbons (Fsp3) is 0. The number of hydrogen-bond donors (Lipinski definition) is 2. The molecule has 0 aromatic heterocycles. The van der Waals surface area contributed by atoms with Crippen molar-refractivity contribution in [1.29, 1.82) is 5.41 Å². The van der Waals surface area contributed by atoms with Gasteiger partial charge in [0.25, 0.3) is 0 Å². The van der Waals surface area contributed by atoms with Crippen LogP contribution in [-0.4, -0.2) is 6.34 Å². The van der Waals surface area contributed by atoms with Crippen LogP contribution in [0.5, 0.6) is 0 Å². The number of nitrogens with two attached hydrogens (primary N) is 1. The second-order valence-corrected chi connectivity index (χ2v) is 3.04. The van der Waals surface area contributed by atoms with Gasteiger partial charge in [-0.25, -0.2) is 0 Å². The molecule has 2 nitrogen and oxygen atoms in total. The molecule has 10 heavy (non-hydrogen) atoms. The van der Waals surface area contributed by atoms with Gasteiger partial charge >= 0.3 is 34.4 Å². The van der Waals surface area contributed by atoms with Crippen LogP contribution in [0.15, 0.2) is 0 Å². The summed E-state index contributed by atoms with van der Waals surface area (Å²) in [6.45, 7) is 0. The summed E-state index contributed by atoms with van der Waals surface area (Å²) in [7, 11) is -10.7. The van der Waals surface area contributed by atoms with Crippen LogP contribution in [0.4, 0.5) is 25.2 Å². The summed E-state index contributed by atoms with van der Waals surface area (Å²) < 4.78 is 59.2. The van der Waals surface area contributed by atoms with Gasteiger partial charge in [-0.05, 0) is 0 Å². The molecule has 0 saturated heterocycles. The Labute approximate surface area is 53.2 Å². The van der Waals surface area contributed by atoms with Crippen LogP contribution in [0.2, 0.25) is 0 Å². The van der Waals surface area contributed by atoms with E-state index in [4.69, 9.17) is 5.41 Å². The molecule has 0 aliphatic carbocycles. The molecule has 0 saturated carbocycles. The van der Waals surface area contributed by atoms with Gasteiger partial charge in [-0.3, -0.25) is 5.41 Å². The molecule has 0 amide bonds. The number of hydrogen-bond acceptors (Lipinski definition) is 1. The van der Waals surface area contributed by atoms with Crippen LogP contribution in [-0.2, 0) is 0 Å². The second kappa shape index (κ2) is 1.98. The summed E-state index contributed by atoms with van der Waals surface area (Å²) in [6, 6.07) is 0. The van der Waals surface area contributed by atoms with E-state index in [-0.39, 0.29) is 1.43 Å². The van der Waals surface area contributed by atoms with E-state index in [2.05, 4.69) is 5.73 Å². The molecule has 0 spiro atoms. The van der Waals surface area contributed by atoms with Crippen molar-refractivity contribution in [3.63, 3.8) is 0 Å². The summed E-state index contributed by atoms with van der Waals surface area (Å²) in [6.07, 6.45) is 0.750. The Morgan fingerprint density at radius 3 is 1.10 bits per heavy atom. The van der Waals surface area contributed by atoms with Gasteiger partial charge in [-0.2, -0.15) is 0 Å². The summed E-state index contributed by atoms with van der Waals surface area (Å²) in [5.41, 5.74) is 4.39. The molecule has 0 fully saturated rings. The maximum absolute atomic E-state index is 10.7. The molecule has 9 heteroatoms. The maximum Gasteiger partial charge on any atom is 1.00 e. The van der Waals surface area contributed by atoms with E-state index in [1.165, 1.54) is 0 Å². The minimum absolute atomic E-state index is 0. The van der Waals surface area contributed by atoms with Crippen molar-refractivity contribution in [3.05, 3.63) is 0 Å². The number of nitrogens with one attached hydrogen (secondary N) is 1. The molecule has 0 aromatic rings. The Balaban J connectivity index is -0.000000140. The van der Waals surface area contributed by atoms with Gasteiger partial charge in [0.15, 0.2) is 0 Å². The van der Waals surface area contributed by atoms with Crippen molar-refractivity contribution in [2.45, 2.75) is 0 Å². The number of rotatable bonds is 0. The average Bonchev–Trinajstić information content (AvgIpc) is 1.20. The smallest absolute Gasteiger partial charge is 0.390 e. The zero-order valence-electron chi connectivity index (χ0n) is 5.37. The van der Waals surface area contributed by atoms with Gasteiger partial charge in [-0.15, -0.1) is 0 Å². The fourth-order valence-corrected chi connectivity index (χ4v) is 0. The molecule has 0 atom stereocenters. The Kier molecular flexibility index (Phi) is 2.41. The fourth-order valence-electron chi connectivity index (χ4n) is 0. The van der Waals surface area contributed by atoms with Gasteiger partial charge in [0.2, 0.25) is 0 Å². The standard InChI is InChI=1S/CH4N2.F6P/c2-1-3;1-7(2,3,4,5)6/h1H,(H3,2,3);/q;-1/p+1. The first-order chi connectivity index (χ1) is 3.86. The van der Waals surface area contributed by atoms with E-state index < -0.39 is 7.81 Å². The normalized spacial score (nSPS) is 17.4. The van der Waals surface area contributed by atoms with Crippen molar-refractivity contribution in [1.82, 2.24) is 0 Å².